The van der Waals surface area contributed by atoms with Gasteiger partial charge < -0.3 is 16.4 Å². The molecule has 0 aromatic heterocycles. The molecule has 1 rings (SSSR count). The lowest BCUT2D eigenvalue weighted by Crippen LogP contribution is -2.37. The molecule has 0 saturated carbocycles. The van der Waals surface area contributed by atoms with Crippen LogP contribution < -0.4 is 27.2 Å². The summed E-state index contributed by atoms with van der Waals surface area (Å²) in [6.45, 7) is 1.19. The van der Waals surface area contributed by atoms with E-state index in [1.165, 1.54) is 0 Å². The second-order valence-electron chi connectivity index (χ2n) is 2.73. The molecule has 0 fully saturated rings. The summed E-state index contributed by atoms with van der Waals surface area (Å²) < 4.78 is 0. The van der Waals surface area contributed by atoms with E-state index in [0.29, 0.717) is 24.5 Å². The fourth-order valence-corrected chi connectivity index (χ4v) is 1.11. The molecule has 0 radical (unpaired) electrons. The van der Waals surface area contributed by atoms with Gasteiger partial charge in [-0.3, -0.25) is 9.59 Å². The van der Waals surface area contributed by atoms with Crippen LogP contribution in [0, 0.1) is 0 Å². The van der Waals surface area contributed by atoms with Crippen molar-refractivity contribution in [2.24, 2.45) is 5.73 Å². The highest BCUT2D eigenvalue weighted by molar-refractivity contribution is 5.73. The topological polar surface area (TPSA) is 84.2 Å². The van der Waals surface area contributed by atoms with E-state index in [4.69, 9.17) is 5.73 Å². The van der Waals surface area contributed by atoms with E-state index < -0.39 is 10.9 Å². The third-order valence-electron chi connectivity index (χ3n) is 1.84. The first-order valence-electron chi connectivity index (χ1n) is 4.17. The van der Waals surface area contributed by atoms with Crippen LogP contribution in [-0.2, 0) is 0 Å². The predicted molar refractivity (Wildman–Crippen MR) is 53.1 cm³/mol. The normalized spacial score (nSPS) is 10.3. The average Bonchev–Trinajstić information content (AvgIpc) is 2.16. The van der Waals surface area contributed by atoms with Gasteiger partial charge in [0, 0.05) is 13.6 Å². The molecule has 13 heavy (non-hydrogen) atoms. The van der Waals surface area contributed by atoms with Gasteiger partial charge in [-0.2, -0.15) is 0 Å². The molecule has 0 heterocycles. The molecule has 0 saturated heterocycles. The van der Waals surface area contributed by atoms with Crippen LogP contribution in [-0.4, -0.2) is 20.1 Å². The van der Waals surface area contributed by atoms with Crippen LogP contribution in [0.2, 0.25) is 0 Å². The first kappa shape index (κ1) is 9.73. The van der Waals surface area contributed by atoms with Gasteiger partial charge >= 0.3 is 0 Å². The van der Waals surface area contributed by atoms with Gasteiger partial charge in [0.25, 0.3) is 10.9 Å². The highest BCUT2D eigenvalue weighted by atomic mass is 16.2. The Kier molecular flexibility index (Phi) is 3.02. The van der Waals surface area contributed by atoms with Gasteiger partial charge in [0.15, 0.2) is 0 Å². The van der Waals surface area contributed by atoms with Crippen LogP contribution in [0.4, 0.5) is 11.4 Å². The molecule has 1 aromatic rings. The Morgan fingerprint density at radius 1 is 1.23 bits per heavy atom. The van der Waals surface area contributed by atoms with Crippen molar-refractivity contribution in [3.05, 3.63) is 20.4 Å². The monoisotopic (exact) mass is 183 g/mol. The Bertz CT molecular complexity index is 352. The van der Waals surface area contributed by atoms with Crippen LogP contribution >= 0.6 is 0 Å². The molecule has 5 heteroatoms. The van der Waals surface area contributed by atoms with Crippen molar-refractivity contribution in [3.63, 3.8) is 0 Å². The first-order valence-corrected chi connectivity index (χ1v) is 4.17. The standard InChI is InChI=1S/C8H13N3O2/c1-10-5-6(8(13)7(5)12)11-4-2-3-9/h10-11H,2-4,9H2,1H3. The number of nitrogens with one attached hydrogen (secondary N) is 2. The molecule has 72 valence electrons. The average molecular weight is 183 g/mol. The third kappa shape index (κ3) is 1.70. The van der Waals surface area contributed by atoms with Gasteiger partial charge in [-0.25, -0.2) is 0 Å². The van der Waals surface area contributed by atoms with Crippen molar-refractivity contribution in [2.45, 2.75) is 6.42 Å². The van der Waals surface area contributed by atoms with E-state index in [-0.39, 0.29) is 0 Å². The van der Waals surface area contributed by atoms with Gasteiger partial charge in [0.05, 0.1) is 0 Å². The summed E-state index contributed by atoms with van der Waals surface area (Å²) in [6, 6.07) is 0. The molecule has 1 aromatic carbocycles. The lowest BCUT2D eigenvalue weighted by Gasteiger charge is -2.11. The molecule has 0 aliphatic heterocycles. The zero-order valence-electron chi connectivity index (χ0n) is 7.52. The Morgan fingerprint density at radius 2 is 1.85 bits per heavy atom. The van der Waals surface area contributed by atoms with E-state index in [1.54, 1.807) is 7.05 Å². The van der Waals surface area contributed by atoms with Gasteiger partial charge in [0.1, 0.15) is 11.4 Å². The zero-order chi connectivity index (χ0) is 9.84. The summed E-state index contributed by atoms with van der Waals surface area (Å²) in [6.07, 6.45) is 0.780. The second-order valence-corrected chi connectivity index (χ2v) is 2.73. The second kappa shape index (κ2) is 4.04. The lowest BCUT2D eigenvalue weighted by molar-refractivity contribution is 0.872. The van der Waals surface area contributed by atoms with Gasteiger partial charge in [-0.05, 0) is 13.0 Å². The predicted octanol–water partition coefficient (Wildman–Crippen LogP) is -0.915. The molecule has 0 aliphatic rings. The van der Waals surface area contributed by atoms with Crippen molar-refractivity contribution in [2.75, 3.05) is 30.8 Å². The highest BCUT2D eigenvalue weighted by Crippen LogP contribution is 2.12. The minimum Gasteiger partial charge on any atom is -0.383 e. The number of rotatable bonds is 5. The molecule has 0 amide bonds. The van der Waals surface area contributed by atoms with Crippen molar-refractivity contribution >= 4 is 11.4 Å². The van der Waals surface area contributed by atoms with E-state index in [2.05, 4.69) is 10.6 Å². The number of nitrogens with two attached hydrogens (primary N) is 1. The quantitative estimate of drug-likeness (QED) is 0.406. The molecular weight excluding hydrogens is 170 g/mol. The smallest absolute Gasteiger partial charge is 0.253 e. The van der Waals surface area contributed by atoms with Gasteiger partial charge in [-0.15, -0.1) is 0 Å². The fourth-order valence-electron chi connectivity index (χ4n) is 1.11. The number of anilines is 2. The summed E-state index contributed by atoms with van der Waals surface area (Å²) in [4.78, 5) is 21.9. The van der Waals surface area contributed by atoms with E-state index in [9.17, 15) is 9.59 Å². The molecule has 5 nitrogen and oxygen atoms in total. The molecule has 0 bridgehead atoms. The molecule has 4 N–H and O–H groups in total. The molecule has 0 atom stereocenters. The van der Waals surface area contributed by atoms with E-state index in [0.717, 1.165) is 6.42 Å². The van der Waals surface area contributed by atoms with Crippen LogP contribution in [0.25, 0.3) is 0 Å². The lowest BCUT2D eigenvalue weighted by atomic mass is 10.2. The van der Waals surface area contributed by atoms with Crippen LogP contribution in [0.15, 0.2) is 9.59 Å². The maximum atomic E-state index is 11.0. The van der Waals surface area contributed by atoms with Crippen LogP contribution in [0.3, 0.4) is 0 Å². The first-order chi connectivity index (χ1) is 6.22. The summed E-state index contributed by atoms with van der Waals surface area (Å²) in [5.74, 6) is 0. The van der Waals surface area contributed by atoms with E-state index in [1.807, 2.05) is 0 Å². The summed E-state index contributed by atoms with van der Waals surface area (Å²) in [7, 11) is 1.62. The maximum absolute atomic E-state index is 11.0. The van der Waals surface area contributed by atoms with Crippen LogP contribution in [0.1, 0.15) is 6.42 Å². The highest BCUT2D eigenvalue weighted by Gasteiger charge is 2.18. The summed E-state index contributed by atoms with van der Waals surface area (Å²) in [5, 5.41) is 5.54. The molecule has 0 spiro atoms. The van der Waals surface area contributed by atoms with Crippen molar-refractivity contribution in [1.29, 1.82) is 0 Å². The summed E-state index contributed by atoms with van der Waals surface area (Å²) >= 11 is 0. The maximum Gasteiger partial charge on any atom is 0.253 e. The Morgan fingerprint density at radius 3 is 2.38 bits per heavy atom. The minimum atomic E-state index is -0.447. The van der Waals surface area contributed by atoms with E-state index >= 15 is 0 Å². The van der Waals surface area contributed by atoms with Crippen molar-refractivity contribution in [1.82, 2.24) is 0 Å². The molecule has 0 unspecified atom stereocenters. The Balaban J connectivity index is 2.62. The Labute approximate surface area is 75.6 Å². The van der Waals surface area contributed by atoms with Gasteiger partial charge in [0.2, 0.25) is 0 Å². The SMILES string of the molecule is CNc1c(NCCCN)c(=O)c1=O. The Hall–Kier alpha value is -1.36. The summed E-state index contributed by atoms with van der Waals surface area (Å²) in [5.41, 5.74) is 5.16. The number of hydrogen-bond donors (Lipinski definition) is 3. The fraction of sp³-hybridized carbons (Fsp3) is 0.500. The zero-order valence-corrected chi connectivity index (χ0v) is 7.52. The minimum absolute atomic E-state index is 0.377. The molecule has 0 aliphatic carbocycles. The van der Waals surface area contributed by atoms with Crippen LogP contribution in [0.5, 0.6) is 0 Å². The van der Waals surface area contributed by atoms with Gasteiger partial charge in [-0.1, -0.05) is 0 Å². The third-order valence-corrected chi connectivity index (χ3v) is 1.84. The van der Waals surface area contributed by atoms with Crippen molar-refractivity contribution in [3.8, 4) is 0 Å². The largest absolute Gasteiger partial charge is 0.383 e. The molecular formula is C8H13N3O2. The van der Waals surface area contributed by atoms with Crippen molar-refractivity contribution < 1.29 is 0 Å². The number of hydrogen-bond acceptors (Lipinski definition) is 5.